The first kappa shape index (κ1) is 22.5. The minimum Gasteiger partial charge on any atom is -0.427 e. The van der Waals surface area contributed by atoms with Crippen molar-refractivity contribution >= 4 is 32.7 Å². The van der Waals surface area contributed by atoms with Gasteiger partial charge in [-0.1, -0.05) is 17.4 Å². The number of hydrogen-bond acceptors (Lipinski definition) is 6. The van der Waals surface area contributed by atoms with Crippen LogP contribution in [-0.2, 0) is 17.5 Å². The number of ether oxygens (including phenoxy) is 1. The summed E-state index contributed by atoms with van der Waals surface area (Å²) in [5, 5.41) is 0.749. The number of benzene rings is 2. The van der Waals surface area contributed by atoms with Crippen molar-refractivity contribution in [3.63, 3.8) is 0 Å². The lowest BCUT2D eigenvalue weighted by Crippen LogP contribution is -2.51. The zero-order chi connectivity index (χ0) is 23.0. The van der Waals surface area contributed by atoms with Crippen molar-refractivity contribution in [3.05, 3.63) is 53.1 Å². The van der Waals surface area contributed by atoms with Crippen molar-refractivity contribution in [3.8, 4) is 5.75 Å². The van der Waals surface area contributed by atoms with E-state index in [9.17, 15) is 18.0 Å². The number of nitrogens with zero attached hydrogens (tertiary/aromatic N) is 3. The first-order valence-electron chi connectivity index (χ1n) is 10.3. The van der Waals surface area contributed by atoms with Gasteiger partial charge in [0.15, 0.2) is 5.13 Å². The van der Waals surface area contributed by atoms with Crippen LogP contribution < -0.4 is 9.64 Å². The van der Waals surface area contributed by atoms with Gasteiger partial charge >= 0.3 is 12.1 Å². The number of carbonyl (C=O) groups is 1. The molecule has 0 N–H and O–H groups in total. The summed E-state index contributed by atoms with van der Waals surface area (Å²) in [5.74, 6) is 0.203. The molecule has 0 unspecified atom stereocenters. The SMILES string of the molecule is CC(=O)Oc1cc(C)cc(CN2CCN(c3nc4ccc(C(F)(F)F)cc4s3)[C@@H](C)C2)c1. The number of aromatic nitrogens is 1. The zero-order valence-electron chi connectivity index (χ0n) is 18.1. The van der Waals surface area contributed by atoms with Crippen molar-refractivity contribution in [1.82, 2.24) is 9.88 Å². The second-order valence-electron chi connectivity index (χ2n) is 8.20. The number of esters is 1. The van der Waals surface area contributed by atoms with E-state index in [-0.39, 0.29) is 12.0 Å². The third-order valence-corrected chi connectivity index (χ3v) is 6.50. The lowest BCUT2D eigenvalue weighted by molar-refractivity contribution is -0.137. The van der Waals surface area contributed by atoms with Gasteiger partial charge in [-0.2, -0.15) is 13.2 Å². The Morgan fingerprint density at radius 2 is 2.00 bits per heavy atom. The number of aryl methyl sites for hydroxylation is 1. The van der Waals surface area contributed by atoms with Gasteiger partial charge in [0.05, 0.1) is 15.8 Å². The largest absolute Gasteiger partial charge is 0.427 e. The van der Waals surface area contributed by atoms with Crippen LogP contribution in [0.4, 0.5) is 18.3 Å². The van der Waals surface area contributed by atoms with Gasteiger partial charge in [0.25, 0.3) is 0 Å². The monoisotopic (exact) mass is 463 g/mol. The van der Waals surface area contributed by atoms with Crippen LogP contribution in [0.3, 0.4) is 0 Å². The molecule has 3 aromatic rings. The number of halogens is 3. The summed E-state index contributed by atoms with van der Waals surface area (Å²) in [7, 11) is 0. The highest BCUT2D eigenvalue weighted by Gasteiger charge is 2.31. The Bertz CT molecular complexity index is 1150. The van der Waals surface area contributed by atoms with Gasteiger partial charge in [-0.05, 0) is 55.3 Å². The first-order valence-corrected chi connectivity index (χ1v) is 11.2. The number of alkyl halides is 3. The van der Waals surface area contributed by atoms with Crippen molar-refractivity contribution in [2.24, 2.45) is 0 Å². The van der Waals surface area contributed by atoms with E-state index < -0.39 is 11.7 Å². The summed E-state index contributed by atoms with van der Waals surface area (Å²) in [4.78, 5) is 20.3. The van der Waals surface area contributed by atoms with Crippen LogP contribution in [0.5, 0.6) is 5.75 Å². The van der Waals surface area contributed by atoms with Gasteiger partial charge in [-0.25, -0.2) is 4.98 Å². The fourth-order valence-corrected chi connectivity index (χ4v) is 5.20. The summed E-state index contributed by atoms with van der Waals surface area (Å²) in [6, 6.07) is 9.66. The molecule has 0 spiro atoms. The molecule has 1 aliphatic rings. The number of fused-ring (bicyclic) bond motifs is 1. The minimum atomic E-state index is -4.36. The van der Waals surface area contributed by atoms with Crippen LogP contribution in [0, 0.1) is 6.92 Å². The summed E-state index contributed by atoms with van der Waals surface area (Å²) >= 11 is 1.30. The Hall–Kier alpha value is -2.65. The van der Waals surface area contributed by atoms with Crippen LogP contribution in [-0.4, -0.2) is 41.5 Å². The van der Waals surface area contributed by atoms with Crippen molar-refractivity contribution < 1.29 is 22.7 Å². The van der Waals surface area contributed by atoms with Gasteiger partial charge in [0.1, 0.15) is 5.75 Å². The van der Waals surface area contributed by atoms with E-state index in [1.165, 1.54) is 30.4 Å². The van der Waals surface area contributed by atoms with Gasteiger partial charge < -0.3 is 9.64 Å². The Labute approximate surface area is 188 Å². The Morgan fingerprint density at radius 3 is 2.69 bits per heavy atom. The topological polar surface area (TPSA) is 45.7 Å². The molecule has 1 saturated heterocycles. The first-order chi connectivity index (χ1) is 15.1. The summed E-state index contributed by atoms with van der Waals surface area (Å²) < 4.78 is 44.8. The third-order valence-electron chi connectivity index (χ3n) is 5.44. The van der Waals surface area contributed by atoms with E-state index >= 15 is 0 Å². The highest BCUT2D eigenvalue weighted by atomic mass is 32.1. The van der Waals surface area contributed by atoms with E-state index in [4.69, 9.17) is 4.74 Å². The highest BCUT2D eigenvalue weighted by molar-refractivity contribution is 7.22. The molecule has 0 aliphatic carbocycles. The van der Waals surface area contributed by atoms with E-state index in [0.29, 0.717) is 16.0 Å². The van der Waals surface area contributed by atoms with Crippen LogP contribution >= 0.6 is 11.3 Å². The maximum absolute atomic E-state index is 13.0. The fourth-order valence-electron chi connectivity index (χ4n) is 4.07. The molecule has 0 saturated carbocycles. The second-order valence-corrected chi connectivity index (χ2v) is 9.21. The molecule has 0 amide bonds. The normalized spacial score (nSPS) is 17.7. The smallest absolute Gasteiger partial charge is 0.416 e. The number of carbonyl (C=O) groups excluding carboxylic acids is 1. The number of anilines is 1. The van der Waals surface area contributed by atoms with Crippen LogP contribution in [0.2, 0.25) is 0 Å². The average molecular weight is 464 g/mol. The standard InChI is InChI=1S/C23H24F3N3O2S/c1-14-8-17(10-19(9-14)31-16(3)30)13-28-6-7-29(15(2)12-28)22-27-20-5-4-18(23(24,25)26)11-21(20)32-22/h4-5,8-11,15H,6-7,12-13H2,1-3H3/t15-/m0/s1. The van der Waals surface area contributed by atoms with E-state index in [0.717, 1.165) is 48.5 Å². The van der Waals surface area contributed by atoms with E-state index in [1.807, 2.05) is 19.1 Å². The summed E-state index contributed by atoms with van der Waals surface area (Å²) in [6.45, 7) is 8.49. The molecule has 1 aromatic heterocycles. The van der Waals surface area contributed by atoms with Gasteiger partial charge in [0, 0.05) is 39.1 Å². The number of piperazine rings is 1. The predicted molar refractivity (Wildman–Crippen MR) is 119 cm³/mol. The zero-order valence-corrected chi connectivity index (χ0v) is 18.9. The maximum atomic E-state index is 13.0. The van der Waals surface area contributed by atoms with Crippen LogP contribution in [0.15, 0.2) is 36.4 Å². The molecule has 2 aromatic carbocycles. The summed E-state index contributed by atoms with van der Waals surface area (Å²) in [5.41, 5.74) is 2.04. The fraction of sp³-hybridized carbons (Fsp3) is 0.391. The third kappa shape index (κ3) is 5.05. The average Bonchev–Trinajstić information content (AvgIpc) is 3.09. The molecule has 1 atom stereocenters. The van der Waals surface area contributed by atoms with Gasteiger partial charge in [-0.3, -0.25) is 9.69 Å². The molecule has 32 heavy (non-hydrogen) atoms. The molecular weight excluding hydrogens is 439 g/mol. The van der Waals surface area contributed by atoms with Gasteiger partial charge in [0.2, 0.25) is 0 Å². The number of thiazole rings is 1. The predicted octanol–water partition coefficient (Wildman–Crippen LogP) is 5.26. The van der Waals surface area contributed by atoms with Crippen molar-refractivity contribution in [2.45, 2.75) is 39.5 Å². The van der Waals surface area contributed by atoms with E-state index in [2.05, 4.69) is 27.8 Å². The lowest BCUT2D eigenvalue weighted by Gasteiger charge is -2.39. The Morgan fingerprint density at radius 1 is 1.22 bits per heavy atom. The molecular formula is C23H24F3N3O2S. The quantitative estimate of drug-likeness (QED) is 0.390. The maximum Gasteiger partial charge on any atom is 0.416 e. The molecule has 5 nitrogen and oxygen atoms in total. The lowest BCUT2D eigenvalue weighted by atomic mass is 10.1. The Kier molecular flexibility index (Phi) is 6.13. The summed E-state index contributed by atoms with van der Waals surface area (Å²) in [6.07, 6.45) is -4.36. The molecule has 1 aliphatic heterocycles. The number of hydrogen-bond donors (Lipinski definition) is 0. The molecule has 0 radical (unpaired) electrons. The minimum absolute atomic E-state index is 0.157. The molecule has 170 valence electrons. The molecule has 0 bridgehead atoms. The molecule has 9 heteroatoms. The van der Waals surface area contributed by atoms with Crippen molar-refractivity contribution in [1.29, 1.82) is 0 Å². The second kappa shape index (κ2) is 8.71. The van der Waals surface area contributed by atoms with E-state index in [1.54, 1.807) is 0 Å². The van der Waals surface area contributed by atoms with Crippen LogP contribution in [0.1, 0.15) is 30.5 Å². The molecule has 2 heterocycles. The Balaban J connectivity index is 1.46. The van der Waals surface area contributed by atoms with Gasteiger partial charge in [-0.15, -0.1) is 0 Å². The van der Waals surface area contributed by atoms with Crippen molar-refractivity contribution in [2.75, 3.05) is 24.5 Å². The number of rotatable bonds is 4. The molecule has 1 fully saturated rings. The van der Waals surface area contributed by atoms with Crippen LogP contribution in [0.25, 0.3) is 10.2 Å². The molecule has 4 rings (SSSR count). The highest BCUT2D eigenvalue weighted by Crippen LogP contribution is 2.36.